The molecule has 30 heavy (non-hydrogen) atoms. The predicted molar refractivity (Wildman–Crippen MR) is 103 cm³/mol. The van der Waals surface area contributed by atoms with Crippen LogP contribution in [0.4, 0.5) is 0 Å². The van der Waals surface area contributed by atoms with Gasteiger partial charge in [0, 0.05) is 6.42 Å². The first-order valence-corrected chi connectivity index (χ1v) is 9.32. The average Bonchev–Trinajstić information content (AvgIpc) is 2.66. The minimum Gasteiger partial charge on any atom is -0.480 e. The van der Waals surface area contributed by atoms with Crippen molar-refractivity contribution in [2.75, 3.05) is 13.2 Å². The Hall–Kier alpha value is -2.77. The maximum absolute atomic E-state index is 12.7. The summed E-state index contributed by atoms with van der Waals surface area (Å²) in [5.41, 5.74) is 10.5. The molecule has 4 unspecified atom stereocenters. The molecule has 172 valence electrons. The molecule has 0 rings (SSSR count). The van der Waals surface area contributed by atoms with Gasteiger partial charge in [-0.2, -0.15) is 0 Å². The summed E-state index contributed by atoms with van der Waals surface area (Å²) in [6.07, 6.45) is -0.344. The summed E-state index contributed by atoms with van der Waals surface area (Å²) in [5.74, 6) is -4.79. The van der Waals surface area contributed by atoms with Crippen LogP contribution >= 0.6 is 0 Å². The van der Waals surface area contributed by atoms with Crippen LogP contribution in [0.1, 0.15) is 33.1 Å². The van der Waals surface area contributed by atoms with E-state index in [1.165, 1.54) is 0 Å². The second-order valence-corrected chi connectivity index (χ2v) is 7.13. The molecule has 0 aliphatic heterocycles. The number of hydrogen-bond acceptors (Lipinski definition) is 8. The highest BCUT2D eigenvalue weighted by Crippen LogP contribution is 2.07. The summed E-state index contributed by atoms with van der Waals surface area (Å²) >= 11 is 0. The Morgan fingerprint density at radius 2 is 1.33 bits per heavy atom. The molecule has 13 heteroatoms. The molecule has 4 amide bonds. The number of amides is 4. The van der Waals surface area contributed by atoms with Crippen molar-refractivity contribution in [3.05, 3.63) is 0 Å². The second kappa shape index (κ2) is 13.5. The summed E-state index contributed by atoms with van der Waals surface area (Å²) in [4.78, 5) is 59.1. The number of carbonyl (C=O) groups is 5. The number of aliphatic carboxylic acids is 1. The Labute approximate surface area is 173 Å². The number of aliphatic hydroxyl groups excluding tert-OH is 2. The largest absolute Gasteiger partial charge is 0.480 e. The van der Waals surface area contributed by atoms with E-state index >= 15 is 0 Å². The van der Waals surface area contributed by atoms with E-state index in [1.807, 2.05) is 5.32 Å². The molecule has 0 aromatic heterocycles. The van der Waals surface area contributed by atoms with E-state index in [9.17, 15) is 24.0 Å². The number of primary amides is 1. The Morgan fingerprint density at radius 3 is 1.77 bits per heavy atom. The van der Waals surface area contributed by atoms with Gasteiger partial charge in [0.15, 0.2) is 0 Å². The van der Waals surface area contributed by atoms with Crippen LogP contribution in [0.5, 0.6) is 0 Å². The normalized spacial score (nSPS) is 14.9. The van der Waals surface area contributed by atoms with Crippen molar-refractivity contribution < 1.29 is 39.3 Å². The molecule has 0 radical (unpaired) electrons. The van der Waals surface area contributed by atoms with Gasteiger partial charge in [-0.3, -0.25) is 19.2 Å². The zero-order valence-electron chi connectivity index (χ0n) is 17.0. The number of hydrogen-bond donors (Lipinski definition) is 8. The van der Waals surface area contributed by atoms with Gasteiger partial charge in [0.25, 0.3) is 0 Å². The summed E-state index contributed by atoms with van der Waals surface area (Å²) in [6.45, 7) is 2.05. The van der Waals surface area contributed by atoms with Gasteiger partial charge in [0.05, 0.1) is 13.2 Å². The molecular formula is C17H31N5O8. The molecule has 0 aliphatic carbocycles. The van der Waals surface area contributed by atoms with Gasteiger partial charge in [-0.05, 0) is 18.8 Å². The third-order valence-electron chi connectivity index (χ3n) is 3.98. The van der Waals surface area contributed by atoms with Crippen LogP contribution in [0.15, 0.2) is 0 Å². The number of aliphatic hydroxyl groups is 2. The van der Waals surface area contributed by atoms with Gasteiger partial charge < -0.3 is 42.7 Å². The van der Waals surface area contributed by atoms with E-state index in [0.29, 0.717) is 0 Å². The quantitative estimate of drug-likeness (QED) is 0.134. The zero-order valence-corrected chi connectivity index (χ0v) is 17.0. The fourth-order valence-corrected chi connectivity index (χ4v) is 2.35. The molecule has 13 nitrogen and oxygen atoms in total. The minimum absolute atomic E-state index is 0.0462. The second-order valence-electron chi connectivity index (χ2n) is 7.13. The van der Waals surface area contributed by atoms with Crippen LogP contribution in [0.3, 0.4) is 0 Å². The SMILES string of the molecule is CC(C)CC(NC(=O)C(N)CO)C(=O)NC(CCC(N)=O)C(=O)NC(CO)C(=O)O. The highest BCUT2D eigenvalue weighted by atomic mass is 16.4. The predicted octanol–water partition coefficient (Wildman–Crippen LogP) is -3.85. The lowest BCUT2D eigenvalue weighted by Crippen LogP contribution is -2.58. The topological polar surface area (TPSA) is 234 Å². The van der Waals surface area contributed by atoms with Crippen molar-refractivity contribution in [1.29, 1.82) is 0 Å². The van der Waals surface area contributed by atoms with Crippen molar-refractivity contribution in [3.63, 3.8) is 0 Å². The maximum atomic E-state index is 12.7. The lowest BCUT2D eigenvalue weighted by molar-refractivity contribution is -0.143. The molecule has 0 fully saturated rings. The monoisotopic (exact) mass is 433 g/mol. The van der Waals surface area contributed by atoms with Crippen LogP contribution in [0, 0.1) is 5.92 Å². The molecule has 0 aliphatic rings. The molecule has 0 aromatic rings. The highest BCUT2D eigenvalue weighted by molar-refractivity contribution is 5.94. The van der Waals surface area contributed by atoms with Crippen LogP contribution in [0.2, 0.25) is 0 Å². The van der Waals surface area contributed by atoms with E-state index in [2.05, 4.69) is 10.6 Å². The van der Waals surface area contributed by atoms with E-state index in [0.717, 1.165) is 0 Å². The van der Waals surface area contributed by atoms with Gasteiger partial charge in [-0.1, -0.05) is 13.8 Å². The fraction of sp³-hybridized carbons (Fsp3) is 0.706. The van der Waals surface area contributed by atoms with Gasteiger partial charge >= 0.3 is 5.97 Å². The van der Waals surface area contributed by atoms with Crippen molar-refractivity contribution in [2.45, 2.75) is 57.3 Å². The van der Waals surface area contributed by atoms with Gasteiger partial charge in [0.2, 0.25) is 23.6 Å². The molecule has 0 saturated carbocycles. The van der Waals surface area contributed by atoms with Crippen molar-refractivity contribution in [3.8, 4) is 0 Å². The first-order chi connectivity index (χ1) is 13.9. The molecule has 4 atom stereocenters. The highest BCUT2D eigenvalue weighted by Gasteiger charge is 2.30. The summed E-state index contributed by atoms with van der Waals surface area (Å²) in [6, 6.07) is -5.31. The molecule has 0 heterocycles. The van der Waals surface area contributed by atoms with E-state index in [1.54, 1.807) is 13.8 Å². The standard InChI is InChI=1S/C17H31N5O8/c1-8(2)5-11(21-14(26)9(18)6-23)16(28)20-10(3-4-13(19)25)15(27)22-12(7-24)17(29)30/h8-12,23-24H,3-7,18H2,1-2H3,(H2,19,25)(H,20,28)(H,21,26)(H,22,27)(H,29,30). The zero-order chi connectivity index (χ0) is 23.4. The lowest BCUT2D eigenvalue weighted by Gasteiger charge is -2.25. The van der Waals surface area contributed by atoms with E-state index in [4.69, 9.17) is 26.8 Å². The number of nitrogens with two attached hydrogens (primary N) is 2. The van der Waals surface area contributed by atoms with Crippen molar-refractivity contribution in [2.24, 2.45) is 17.4 Å². The Balaban J connectivity index is 5.43. The summed E-state index contributed by atoms with van der Waals surface area (Å²) in [7, 11) is 0. The van der Waals surface area contributed by atoms with Crippen LogP contribution in [-0.2, 0) is 24.0 Å². The molecule has 10 N–H and O–H groups in total. The molecule has 0 bridgehead atoms. The van der Waals surface area contributed by atoms with Crippen molar-refractivity contribution >= 4 is 29.6 Å². The van der Waals surface area contributed by atoms with E-state index < -0.39 is 67.0 Å². The van der Waals surface area contributed by atoms with Crippen molar-refractivity contribution in [1.82, 2.24) is 16.0 Å². The number of carboxylic acid groups (broad SMARTS) is 1. The first-order valence-electron chi connectivity index (χ1n) is 9.32. The first kappa shape index (κ1) is 27.2. The molecular weight excluding hydrogens is 402 g/mol. The summed E-state index contributed by atoms with van der Waals surface area (Å²) < 4.78 is 0. The molecule has 0 aromatic carbocycles. The van der Waals surface area contributed by atoms with Crippen LogP contribution in [-0.4, -0.2) is 82.3 Å². The number of rotatable bonds is 14. The number of carboxylic acids is 1. The van der Waals surface area contributed by atoms with Crippen LogP contribution in [0.25, 0.3) is 0 Å². The number of nitrogens with one attached hydrogen (secondary N) is 3. The smallest absolute Gasteiger partial charge is 0.328 e. The Bertz CT molecular complexity index is 627. The average molecular weight is 433 g/mol. The lowest BCUT2D eigenvalue weighted by atomic mass is 10.0. The third kappa shape index (κ3) is 10.1. The Morgan fingerprint density at radius 1 is 0.833 bits per heavy atom. The number of carbonyl (C=O) groups excluding carboxylic acids is 4. The van der Waals surface area contributed by atoms with E-state index in [-0.39, 0.29) is 25.2 Å². The van der Waals surface area contributed by atoms with Gasteiger partial charge in [-0.15, -0.1) is 0 Å². The molecule has 0 spiro atoms. The Kier molecular flexibility index (Phi) is 12.2. The van der Waals surface area contributed by atoms with Crippen LogP contribution < -0.4 is 27.4 Å². The van der Waals surface area contributed by atoms with Gasteiger partial charge in [0.1, 0.15) is 24.2 Å². The van der Waals surface area contributed by atoms with Gasteiger partial charge in [-0.25, -0.2) is 4.79 Å². The summed E-state index contributed by atoms with van der Waals surface area (Å²) in [5, 5.41) is 33.8. The maximum Gasteiger partial charge on any atom is 0.328 e. The molecule has 0 saturated heterocycles. The minimum atomic E-state index is -1.61. The fourth-order valence-electron chi connectivity index (χ4n) is 2.35. The third-order valence-corrected chi connectivity index (χ3v) is 3.98.